The number of aromatic nitrogens is 2. The topological polar surface area (TPSA) is 76.5 Å². The Morgan fingerprint density at radius 1 is 1.22 bits per heavy atom. The number of nitrogens with zero attached hydrogens (tertiary/aromatic N) is 3. The molecule has 1 aromatic heterocycles. The van der Waals surface area contributed by atoms with Crippen LogP contribution in [0.3, 0.4) is 0 Å². The second-order valence-electron chi connectivity index (χ2n) is 6.98. The molecule has 1 fully saturated rings. The molecule has 0 radical (unpaired) electrons. The number of sulfonamides is 1. The fraction of sp³-hybridized carbons (Fsp3) is 0.526. The van der Waals surface area contributed by atoms with E-state index in [1.54, 1.807) is 29.2 Å². The minimum absolute atomic E-state index is 0.0773. The third-order valence-corrected chi connectivity index (χ3v) is 6.70. The van der Waals surface area contributed by atoms with E-state index in [1.165, 1.54) is 6.33 Å². The Balaban J connectivity index is 1.74. The number of hydrogen-bond acceptors (Lipinski definition) is 5. The second-order valence-corrected chi connectivity index (χ2v) is 8.86. The minimum atomic E-state index is -3.59. The first-order valence-electron chi connectivity index (χ1n) is 9.27. The van der Waals surface area contributed by atoms with Crippen molar-refractivity contribution >= 4 is 10.0 Å². The molecule has 1 aliphatic heterocycles. The molecule has 2 atom stereocenters. The van der Waals surface area contributed by atoms with Crippen molar-refractivity contribution in [1.82, 2.24) is 19.2 Å². The monoisotopic (exact) mass is 392 g/mol. The molecule has 0 unspecified atom stereocenters. The van der Waals surface area contributed by atoms with Crippen molar-refractivity contribution in [1.29, 1.82) is 0 Å². The highest BCUT2D eigenvalue weighted by Crippen LogP contribution is 2.31. The lowest BCUT2D eigenvalue weighted by Gasteiger charge is -2.20. The molecule has 7 nitrogen and oxygen atoms in total. The highest BCUT2D eigenvalue weighted by molar-refractivity contribution is 7.89. The van der Waals surface area contributed by atoms with Gasteiger partial charge in [0.25, 0.3) is 10.0 Å². The van der Waals surface area contributed by atoms with Gasteiger partial charge in [-0.1, -0.05) is 30.3 Å². The van der Waals surface area contributed by atoms with Gasteiger partial charge in [0.1, 0.15) is 0 Å². The van der Waals surface area contributed by atoms with Crippen LogP contribution in [0.15, 0.2) is 47.9 Å². The third-order valence-electron chi connectivity index (χ3n) is 4.98. The van der Waals surface area contributed by atoms with Crippen LogP contribution in [0.5, 0.6) is 0 Å². The Hall–Kier alpha value is -1.74. The van der Waals surface area contributed by atoms with Crippen LogP contribution >= 0.6 is 0 Å². The number of aryl methyl sites for hydroxylation is 1. The fourth-order valence-corrected chi connectivity index (χ4v) is 4.98. The van der Waals surface area contributed by atoms with E-state index in [1.807, 2.05) is 18.2 Å². The van der Waals surface area contributed by atoms with Gasteiger partial charge in [0.2, 0.25) is 0 Å². The van der Waals surface area contributed by atoms with Crippen LogP contribution < -0.4 is 5.32 Å². The standard InChI is InChI=1S/C19H28N4O3S/c1-22-14-19(21-15-22)27(24,25)23-12-17(16-8-4-3-5-9-16)18(13-23)20-10-6-7-11-26-2/h3-5,8-9,14-15,17-18,20H,6-7,10-13H2,1-2H3/t17-,18+/m1/s1. The first kappa shape index (κ1) is 20.0. The van der Waals surface area contributed by atoms with Crippen LogP contribution in [0.4, 0.5) is 0 Å². The lowest BCUT2D eigenvalue weighted by molar-refractivity contribution is 0.192. The normalized spacial score (nSPS) is 21.0. The maximum atomic E-state index is 13.0. The predicted molar refractivity (Wildman–Crippen MR) is 104 cm³/mol. The zero-order valence-electron chi connectivity index (χ0n) is 15.9. The van der Waals surface area contributed by atoms with E-state index in [0.29, 0.717) is 13.1 Å². The first-order valence-corrected chi connectivity index (χ1v) is 10.7. The maximum absolute atomic E-state index is 13.0. The van der Waals surface area contributed by atoms with Crippen LogP contribution in [-0.4, -0.2) is 61.7 Å². The molecule has 1 N–H and O–H groups in total. The van der Waals surface area contributed by atoms with Crippen LogP contribution in [-0.2, 0) is 21.8 Å². The number of nitrogens with one attached hydrogen (secondary N) is 1. The minimum Gasteiger partial charge on any atom is -0.385 e. The third kappa shape index (κ3) is 4.76. The molecule has 148 valence electrons. The summed E-state index contributed by atoms with van der Waals surface area (Å²) >= 11 is 0. The molecule has 3 rings (SSSR count). The summed E-state index contributed by atoms with van der Waals surface area (Å²) in [6.45, 7) is 2.49. The number of methoxy groups -OCH3 is 1. The van der Waals surface area contributed by atoms with Crippen molar-refractivity contribution in [2.75, 3.05) is 33.4 Å². The largest absolute Gasteiger partial charge is 0.385 e. The van der Waals surface area contributed by atoms with Crippen molar-refractivity contribution in [2.45, 2.75) is 29.8 Å². The number of unbranched alkanes of at least 4 members (excludes halogenated alkanes) is 1. The molecular formula is C19H28N4O3S. The summed E-state index contributed by atoms with van der Waals surface area (Å²) in [5.41, 5.74) is 1.16. The fourth-order valence-electron chi connectivity index (χ4n) is 3.52. The number of imidazole rings is 1. The average Bonchev–Trinajstić information content (AvgIpc) is 3.29. The molecule has 2 heterocycles. The molecule has 0 saturated carbocycles. The van der Waals surface area contributed by atoms with E-state index in [0.717, 1.165) is 31.6 Å². The second kappa shape index (κ2) is 8.97. The van der Waals surface area contributed by atoms with E-state index >= 15 is 0 Å². The van der Waals surface area contributed by atoms with Crippen molar-refractivity contribution in [2.24, 2.45) is 7.05 Å². The van der Waals surface area contributed by atoms with Gasteiger partial charge < -0.3 is 14.6 Å². The molecule has 27 heavy (non-hydrogen) atoms. The lowest BCUT2D eigenvalue weighted by Crippen LogP contribution is -2.37. The molecule has 8 heteroatoms. The first-order chi connectivity index (χ1) is 13.0. The van der Waals surface area contributed by atoms with Crippen molar-refractivity contribution in [3.05, 3.63) is 48.4 Å². The molecule has 1 saturated heterocycles. The summed E-state index contributed by atoms with van der Waals surface area (Å²) in [5, 5.41) is 3.67. The number of benzene rings is 1. The van der Waals surface area contributed by atoms with Gasteiger partial charge in [-0.3, -0.25) is 0 Å². The van der Waals surface area contributed by atoms with Gasteiger partial charge in [-0.2, -0.15) is 4.31 Å². The van der Waals surface area contributed by atoms with Crippen molar-refractivity contribution < 1.29 is 13.2 Å². The van der Waals surface area contributed by atoms with Gasteiger partial charge in [-0.05, 0) is 24.9 Å². The molecular weight excluding hydrogens is 364 g/mol. The molecule has 2 aromatic rings. The van der Waals surface area contributed by atoms with Gasteiger partial charge >= 0.3 is 0 Å². The van der Waals surface area contributed by atoms with Crippen LogP contribution in [0.1, 0.15) is 24.3 Å². The zero-order valence-corrected chi connectivity index (χ0v) is 16.7. The van der Waals surface area contributed by atoms with E-state index in [2.05, 4.69) is 22.4 Å². The molecule has 0 bridgehead atoms. The summed E-state index contributed by atoms with van der Waals surface area (Å²) in [4.78, 5) is 4.05. The van der Waals surface area contributed by atoms with E-state index in [-0.39, 0.29) is 17.0 Å². The summed E-state index contributed by atoms with van der Waals surface area (Å²) in [5.74, 6) is 0.118. The van der Waals surface area contributed by atoms with Gasteiger partial charge in [-0.25, -0.2) is 13.4 Å². The number of hydrogen-bond donors (Lipinski definition) is 1. The molecule has 0 spiro atoms. The highest BCUT2D eigenvalue weighted by Gasteiger charge is 2.40. The highest BCUT2D eigenvalue weighted by atomic mass is 32.2. The van der Waals surface area contributed by atoms with Gasteiger partial charge in [0, 0.05) is 52.0 Å². The van der Waals surface area contributed by atoms with Crippen LogP contribution in [0.25, 0.3) is 0 Å². The number of rotatable bonds is 9. The Morgan fingerprint density at radius 3 is 2.67 bits per heavy atom. The quantitative estimate of drug-likeness (QED) is 0.656. The molecule has 1 aromatic carbocycles. The Labute approximate surface area is 161 Å². The van der Waals surface area contributed by atoms with Crippen molar-refractivity contribution in [3.8, 4) is 0 Å². The van der Waals surface area contributed by atoms with E-state index < -0.39 is 10.0 Å². The van der Waals surface area contributed by atoms with Crippen LogP contribution in [0, 0.1) is 0 Å². The SMILES string of the molecule is COCCCCN[C@H]1CN(S(=O)(=O)c2cn(C)cn2)C[C@@H]1c1ccccc1. The predicted octanol–water partition coefficient (Wildman–Crippen LogP) is 1.59. The van der Waals surface area contributed by atoms with Crippen LogP contribution in [0.2, 0.25) is 0 Å². The average molecular weight is 393 g/mol. The lowest BCUT2D eigenvalue weighted by atomic mass is 9.94. The smallest absolute Gasteiger partial charge is 0.262 e. The zero-order chi connectivity index (χ0) is 19.3. The Bertz CT molecular complexity index is 822. The van der Waals surface area contributed by atoms with Gasteiger partial charge in [-0.15, -0.1) is 0 Å². The maximum Gasteiger partial charge on any atom is 0.262 e. The molecule has 1 aliphatic rings. The molecule has 0 amide bonds. The Morgan fingerprint density at radius 2 is 2.00 bits per heavy atom. The summed E-state index contributed by atoms with van der Waals surface area (Å²) in [6.07, 6.45) is 5.06. The van der Waals surface area contributed by atoms with Crippen molar-refractivity contribution in [3.63, 3.8) is 0 Å². The summed E-state index contributed by atoms with van der Waals surface area (Å²) < 4.78 is 34.3. The van der Waals surface area contributed by atoms with Gasteiger partial charge in [0.05, 0.1) is 6.33 Å². The van der Waals surface area contributed by atoms with Gasteiger partial charge in [0.15, 0.2) is 5.03 Å². The number of ether oxygens (including phenoxy) is 1. The summed E-state index contributed by atoms with van der Waals surface area (Å²) in [7, 11) is -0.114. The van der Waals surface area contributed by atoms with E-state index in [9.17, 15) is 8.42 Å². The van der Waals surface area contributed by atoms with E-state index in [4.69, 9.17) is 4.74 Å². The Kier molecular flexibility index (Phi) is 6.64. The molecule has 0 aliphatic carbocycles. The summed E-state index contributed by atoms with van der Waals surface area (Å²) in [6, 6.07) is 10.2.